The Morgan fingerprint density at radius 1 is 1.09 bits per heavy atom. The van der Waals surface area contributed by atoms with Gasteiger partial charge in [-0.05, 0) is 71.6 Å². The number of nitrogens with one attached hydrogen (secondary N) is 1. The van der Waals surface area contributed by atoms with Gasteiger partial charge in [0.25, 0.3) is 5.91 Å². The Balaban J connectivity index is 1.74. The lowest BCUT2D eigenvalue weighted by Crippen LogP contribution is -2.51. The molecule has 2 aromatic carbocycles. The van der Waals surface area contributed by atoms with Gasteiger partial charge in [-0.3, -0.25) is 9.59 Å². The minimum absolute atomic E-state index is 0.150. The van der Waals surface area contributed by atoms with Gasteiger partial charge in [-0.2, -0.15) is 0 Å². The summed E-state index contributed by atoms with van der Waals surface area (Å²) in [6.45, 7) is 1.69. The lowest BCUT2D eigenvalue weighted by Gasteiger charge is -2.31. The van der Waals surface area contributed by atoms with Gasteiger partial charge in [0.05, 0.1) is 14.5 Å². The van der Waals surface area contributed by atoms with Gasteiger partial charge in [0.2, 0.25) is 5.91 Å². The molecule has 178 valence electrons. The molecule has 0 saturated heterocycles. The van der Waals surface area contributed by atoms with Crippen molar-refractivity contribution >= 4 is 62.5 Å². The maximum Gasteiger partial charge on any atom is 0.261 e. The number of halogens is 4. The van der Waals surface area contributed by atoms with Crippen molar-refractivity contribution in [1.29, 1.82) is 0 Å². The van der Waals surface area contributed by atoms with E-state index in [0.717, 1.165) is 31.2 Å². The van der Waals surface area contributed by atoms with Crippen LogP contribution in [0.1, 0.15) is 44.6 Å². The molecule has 0 heterocycles. The molecule has 9 heteroatoms. The zero-order chi connectivity index (χ0) is 24.0. The summed E-state index contributed by atoms with van der Waals surface area (Å²) in [5.41, 5.74) is 0.766. The van der Waals surface area contributed by atoms with Gasteiger partial charge in [0, 0.05) is 17.6 Å². The van der Waals surface area contributed by atoms with Crippen molar-refractivity contribution in [3.05, 3.63) is 61.5 Å². The molecule has 5 nitrogen and oxygen atoms in total. The van der Waals surface area contributed by atoms with E-state index in [0.29, 0.717) is 25.3 Å². The van der Waals surface area contributed by atoms with Gasteiger partial charge in [0.15, 0.2) is 6.61 Å². The Hall–Kier alpha value is -1.47. The SMILES string of the molecule is C[C@H](C(=O)NC1CCCCC1)N(Cc1ccc(Cl)c(Cl)c1)C(=O)COc1ccc(Cl)cc1Br. The molecule has 3 rings (SSSR count). The molecule has 0 bridgehead atoms. The third kappa shape index (κ3) is 7.51. The summed E-state index contributed by atoms with van der Waals surface area (Å²) in [6, 6.07) is 9.68. The Kier molecular flexibility index (Phi) is 9.74. The number of carbonyl (C=O) groups excluding carboxylic acids is 2. The Bertz CT molecular complexity index is 999. The number of amides is 2. The number of ether oxygens (including phenoxy) is 1. The monoisotopic (exact) mass is 574 g/mol. The zero-order valence-electron chi connectivity index (χ0n) is 18.3. The number of carbonyl (C=O) groups is 2. The molecule has 1 atom stereocenters. The number of hydrogen-bond acceptors (Lipinski definition) is 3. The highest BCUT2D eigenvalue weighted by Crippen LogP contribution is 2.28. The van der Waals surface area contributed by atoms with Crippen molar-refractivity contribution in [2.45, 2.75) is 57.7 Å². The van der Waals surface area contributed by atoms with Gasteiger partial charge in [-0.25, -0.2) is 0 Å². The van der Waals surface area contributed by atoms with Gasteiger partial charge in [0.1, 0.15) is 11.8 Å². The third-order valence-corrected chi connectivity index (χ3v) is 7.29. The molecule has 1 saturated carbocycles. The first kappa shape index (κ1) is 26.1. The smallest absolute Gasteiger partial charge is 0.261 e. The highest BCUT2D eigenvalue weighted by molar-refractivity contribution is 9.10. The van der Waals surface area contributed by atoms with E-state index >= 15 is 0 Å². The molecule has 2 aromatic rings. The fraction of sp³-hybridized carbons (Fsp3) is 0.417. The summed E-state index contributed by atoms with van der Waals surface area (Å²) < 4.78 is 6.36. The molecule has 0 aliphatic heterocycles. The van der Waals surface area contributed by atoms with Gasteiger partial charge in [-0.15, -0.1) is 0 Å². The van der Waals surface area contributed by atoms with Crippen molar-refractivity contribution in [3.8, 4) is 5.75 Å². The summed E-state index contributed by atoms with van der Waals surface area (Å²) in [5, 5.41) is 4.48. The van der Waals surface area contributed by atoms with Crippen LogP contribution in [0.3, 0.4) is 0 Å². The van der Waals surface area contributed by atoms with Crippen LogP contribution in [0.5, 0.6) is 5.75 Å². The lowest BCUT2D eigenvalue weighted by molar-refractivity contribution is -0.142. The van der Waals surface area contributed by atoms with E-state index in [9.17, 15) is 9.59 Å². The first-order chi connectivity index (χ1) is 15.7. The van der Waals surface area contributed by atoms with E-state index in [1.165, 1.54) is 11.3 Å². The molecule has 0 spiro atoms. The molecule has 1 aliphatic rings. The fourth-order valence-corrected chi connectivity index (χ4v) is 4.92. The zero-order valence-corrected chi connectivity index (χ0v) is 22.1. The molecule has 0 aromatic heterocycles. The maximum absolute atomic E-state index is 13.2. The molecule has 0 radical (unpaired) electrons. The summed E-state index contributed by atoms with van der Waals surface area (Å²) >= 11 is 21.6. The number of benzene rings is 2. The highest BCUT2D eigenvalue weighted by Gasteiger charge is 2.28. The first-order valence-corrected chi connectivity index (χ1v) is 12.8. The predicted octanol–water partition coefficient (Wildman–Crippen LogP) is 6.65. The Morgan fingerprint density at radius 3 is 2.48 bits per heavy atom. The van der Waals surface area contributed by atoms with Gasteiger partial charge in [-0.1, -0.05) is 60.1 Å². The van der Waals surface area contributed by atoms with Crippen LogP contribution in [0.2, 0.25) is 15.1 Å². The fourth-order valence-electron chi connectivity index (χ4n) is 3.80. The Labute approximate surface area is 217 Å². The molecular weight excluding hydrogens is 551 g/mol. The quantitative estimate of drug-likeness (QED) is 0.383. The minimum Gasteiger partial charge on any atom is -0.483 e. The van der Waals surface area contributed by atoms with Crippen molar-refractivity contribution in [3.63, 3.8) is 0 Å². The second-order valence-corrected chi connectivity index (χ2v) is 10.3. The average molecular weight is 577 g/mol. The van der Waals surface area contributed by atoms with E-state index in [1.54, 1.807) is 43.3 Å². The van der Waals surface area contributed by atoms with E-state index in [-0.39, 0.29) is 31.0 Å². The second-order valence-electron chi connectivity index (χ2n) is 8.15. The average Bonchev–Trinajstić information content (AvgIpc) is 2.79. The summed E-state index contributed by atoms with van der Waals surface area (Å²) in [7, 11) is 0. The summed E-state index contributed by atoms with van der Waals surface area (Å²) in [4.78, 5) is 27.7. The van der Waals surface area contributed by atoms with E-state index in [1.807, 2.05) is 0 Å². The molecule has 33 heavy (non-hydrogen) atoms. The molecule has 2 amide bonds. The highest BCUT2D eigenvalue weighted by atomic mass is 79.9. The van der Waals surface area contributed by atoms with E-state index in [4.69, 9.17) is 39.5 Å². The maximum atomic E-state index is 13.2. The van der Waals surface area contributed by atoms with Crippen LogP contribution in [0, 0.1) is 0 Å². The molecule has 1 fully saturated rings. The minimum atomic E-state index is -0.689. The van der Waals surface area contributed by atoms with E-state index in [2.05, 4.69) is 21.2 Å². The second kappa shape index (κ2) is 12.3. The summed E-state index contributed by atoms with van der Waals surface area (Å²) in [5.74, 6) is -0.0150. The normalized spacial score (nSPS) is 15.1. The van der Waals surface area contributed by atoms with Crippen LogP contribution in [-0.4, -0.2) is 35.4 Å². The topological polar surface area (TPSA) is 58.6 Å². The molecular formula is C24H26BrCl3N2O3. The van der Waals surface area contributed by atoms with Crippen molar-refractivity contribution < 1.29 is 14.3 Å². The first-order valence-electron chi connectivity index (χ1n) is 10.9. The van der Waals surface area contributed by atoms with Crippen LogP contribution in [-0.2, 0) is 16.1 Å². The number of nitrogens with zero attached hydrogens (tertiary/aromatic N) is 1. The van der Waals surface area contributed by atoms with Crippen molar-refractivity contribution in [2.24, 2.45) is 0 Å². The van der Waals surface area contributed by atoms with Crippen LogP contribution in [0.25, 0.3) is 0 Å². The Morgan fingerprint density at radius 2 is 1.82 bits per heavy atom. The number of hydrogen-bond donors (Lipinski definition) is 1. The standard InChI is InChI=1S/C24H26BrCl3N2O3/c1-15(24(32)29-18-5-3-2-4-6-18)30(13-16-7-9-20(27)21(28)11-16)23(31)14-33-22-10-8-17(26)12-19(22)25/h7-12,15,18H,2-6,13-14H2,1H3,(H,29,32)/t15-/m1/s1. The number of rotatable bonds is 8. The van der Waals surface area contributed by atoms with Crippen LogP contribution >= 0.6 is 50.7 Å². The lowest BCUT2D eigenvalue weighted by atomic mass is 9.95. The summed E-state index contributed by atoms with van der Waals surface area (Å²) in [6.07, 6.45) is 5.34. The largest absolute Gasteiger partial charge is 0.483 e. The van der Waals surface area contributed by atoms with Crippen LogP contribution in [0.4, 0.5) is 0 Å². The molecule has 1 N–H and O–H groups in total. The van der Waals surface area contributed by atoms with Gasteiger partial charge >= 0.3 is 0 Å². The van der Waals surface area contributed by atoms with Crippen molar-refractivity contribution in [1.82, 2.24) is 10.2 Å². The van der Waals surface area contributed by atoms with Crippen molar-refractivity contribution in [2.75, 3.05) is 6.61 Å². The molecule has 0 unspecified atom stereocenters. The molecule has 1 aliphatic carbocycles. The van der Waals surface area contributed by atoms with Crippen LogP contribution in [0.15, 0.2) is 40.9 Å². The predicted molar refractivity (Wildman–Crippen MR) is 136 cm³/mol. The van der Waals surface area contributed by atoms with E-state index < -0.39 is 6.04 Å². The third-order valence-electron chi connectivity index (χ3n) is 5.70. The van der Waals surface area contributed by atoms with Crippen LogP contribution < -0.4 is 10.1 Å². The van der Waals surface area contributed by atoms with Gasteiger partial charge < -0.3 is 15.0 Å².